The monoisotopic (exact) mass is 442 g/mol. The predicted molar refractivity (Wildman–Crippen MR) is 119 cm³/mol. The Morgan fingerprint density at radius 2 is 1.55 bits per heavy atom. The van der Waals surface area contributed by atoms with Crippen molar-refractivity contribution >= 4 is 15.7 Å². The van der Waals surface area contributed by atoms with E-state index in [1.54, 1.807) is 18.2 Å². The van der Waals surface area contributed by atoms with Gasteiger partial charge in [-0.1, -0.05) is 54.6 Å². The van der Waals surface area contributed by atoms with Crippen molar-refractivity contribution < 1.29 is 23.7 Å². The summed E-state index contributed by atoms with van der Waals surface area (Å²) in [6.45, 7) is 0.0486. The number of aliphatic hydroxyl groups is 2. The maximum atomic E-state index is 12.5. The number of benzene rings is 3. The molecule has 3 aromatic carbocycles. The van der Waals surface area contributed by atoms with E-state index < -0.39 is 16.1 Å². The first kappa shape index (κ1) is 22.8. The third-order valence-corrected chi connectivity index (χ3v) is 6.23. The van der Waals surface area contributed by atoms with Crippen LogP contribution in [-0.4, -0.2) is 42.9 Å². The maximum absolute atomic E-state index is 12.5. The molecule has 0 bridgehead atoms. The first-order valence-electron chi connectivity index (χ1n) is 9.86. The minimum atomic E-state index is -3.88. The zero-order valence-electron chi connectivity index (χ0n) is 16.8. The largest absolute Gasteiger partial charge is 0.506 e. The van der Waals surface area contributed by atoms with Gasteiger partial charge in [0.2, 0.25) is 0 Å². The second kappa shape index (κ2) is 10.4. The average Bonchev–Trinajstić information content (AvgIpc) is 2.79. The van der Waals surface area contributed by atoms with Crippen LogP contribution >= 0.6 is 0 Å². The number of hydrogen-bond donors (Lipinski definition) is 5. The molecule has 0 heterocycles. The van der Waals surface area contributed by atoms with Crippen LogP contribution in [0.4, 0.5) is 5.69 Å². The first-order chi connectivity index (χ1) is 14.9. The highest BCUT2D eigenvalue weighted by Crippen LogP contribution is 2.29. The van der Waals surface area contributed by atoms with Gasteiger partial charge in [0.15, 0.2) is 0 Å². The second-order valence-electron chi connectivity index (χ2n) is 7.19. The van der Waals surface area contributed by atoms with Gasteiger partial charge in [-0.3, -0.25) is 4.72 Å². The highest BCUT2D eigenvalue weighted by molar-refractivity contribution is 7.92. The fourth-order valence-corrected chi connectivity index (χ4v) is 4.23. The number of phenols is 1. The zero-order chi connectivity index (χ0) is 22.3. The average molecular weight is 443 g/mol. The van der Waals surface area contributed by atoms with Crippen LogP contribution in [0.3, 0.4) is 0 Å². The lowest BCUT2D eigenvalue weighted by Crippen LogP contribution is -2.37. The fraction of sp³-hybridized carbons (Fsp3) is 0.217. The van der Waals surface area contributed by atoms with E-state index in [4.69, 9.17) is 0 Å². The molecule has 8 heteroatoms. The summed E-state index contributed by atoms with van der Waals surface area (Å²) in [5, 5.41) is 33.4. The Morgan fingerprint density at radius 1 is 0.903 bits per heavy atom. The number of aliphatic hydroxyl groups excluding tert-OH is 2. The Morgan fingerprint density at radius 3 is 2.19 bits per heavy atom. The summed E-state index contributed by atoms with van der Waals surface area (Å²) in [6, 6.07) is 21.5. The van der Waals surface area contributed by atoms with Crippen LogP contribution in [-0.2, 0) is 16.4 Å². The first-order valence-corrected chi connectivity index (χ1v) is 11.3. The van der Waals surface area contributed by atoms with Crippen LogP contribution < -0.4 is 10.0 Å². The van der Waals surface area contributed by atoms with Gasteiger partial charge in [0.05, 0.1) is 23.3 Å². The van der Waals surface area contributed by atoms with Crippen LogP contribution in [0.1, 0.15) is 17.2 Å². The molecule has 31 heavy (non-hydrogen) atoms. The van der Waals surface area contributed by atoms with Crippen molar-refractivity contribution in [3.63, 3.8) is 0 Å². The third-order valence-electron chi connectivity index (χ3n) is 4.85. The van der Waals surface area contributed by atoms with Crippen LogP contribution in [0.2, 0.25) is 0 Å². The molecule has 2 atom stereocenters. The summed E-state index contributed by atoms with van der Waals surface area (Å²) in [6.07, 6.45) is -0.368. The maximum Gasteiger partial charge on any atom is 0.262 e. The fourth-order valence-electron chi connectivity index (χ4n) is 3.14. The summed E-state index contributed by atoms with van der Waals surface area (Å²) in [4.78, 5) is 0.0636. The predicted octanol–water partition coefficient (Wildman–Crippen LogP) is 2.42. The van der Waals surface area contributed by atoms with Crippen molar-refractivity contribution in [3.8, 4) is 5.75 Å². The summed E-state index contributed by atoms with van der Waals surface area (Å²) in [5.74, 6) is -0.249. The van der Waals surface area contributed by atoms with Crippen LogP contribution in [0.15, 0.2) is 83.8 Å². The van der Waals surface area contributed by atoms with Gasteiger partial charge < -0.3 is 20.6 Å². The highest BCUT2D eigenvalue weighted by Gasteiger charge is 2.18. The molecule has 5 N–H and O–H groups in total. The van der Waals surface area contributed by atoms with E-state index >= 15 is 0 Å². The standard InChI is InChI=1S/C23H26N2O5S/c26-16-19(13-17-7-3-1-4-8-17)24-15-23(28)18-11-12-22(27)21(14-18)25-31(29,30)20-9-5-2-6-10-20/h1-12,14,19,23-28H,13,15-16H2/t19-,23?/m0/s1. The normalized spacial score (nSPS) is 13.5. The van der Waals surface area contributed by atoms with Gasteiger partial charge in [-0.2, -0.15) is 0 Å². The molecule has 0 aliphatic carbocycles. The molecule has 0 aliphatic heterocycles. The van der Waals surface area contributed by atoms with Crippen LogP contribution in [0.5, 0.6) is 5.75 Å². The SMILES string of the molecule is O=S(=O)(Nc1cc(C(O)CN[C@H](CO)Cc2ccccc2)ccc1O)c1ccccc1. The van der Waals surface area contributed by atoms with Gasteiger partial charge in [0.1, 0.15) is 5.75 Å². The quantitative estimate of drug-likeness (QED) is 0.308. The van der Waals surface area contributed by atoms with E-state index in [1.165, 1.54) is 30.3 Å². The Bertz CT molecular complexity index is 1080. The molecular weight excluding hydrogens is 416 g/mol. The molecule has 0 aliphatic rings. The van der Waals surface area contributed by atoms with E-state index in [1.807, 2.05) is 30.3 Å². The van der Waals surface area contributed by atoms with Crippen molar-refractivity contribution in [2.75, 3.05) is 17.9 Å². The number of anilines is 1. The number of nitrogens with one attached hydrogen (secondary N) is 2. The Kier molecular flexibility index (Phi) is 7.64. The lowest BCUT2D eigenvalue weighted by Gasteiger charge is -2.20. The minimum absolute atomic E-state index is 0.0246. The van der Waals surface area contributed by atoms with Crippen LogP contribution in [0, 0.1) is 0 Å². The van der Waals surface area contributed by atoms with Gasteiger partial charge in [0.25, 0.3) is 10.0 Å². The number of hydrogen-bond acceptors (Lipinski definition) is 6. The van der Waals surface area contributed by atoms with Crippen molar-refractivity contribution in [2.24, 2.45) is 0 Å². The molecule has 3 rings (SSSR count). The van der Waals surface area contributed by atoms with Gasteiger partial charge in [-0.05, 0) is 41.8 Å². The molecule has 0 amide bonds. The smallest absolute Gasteiger partial charge is 0.262 e. The summed E-state index contributed by atoms with van der Waals surface area (Å²) in [7, 11) is -3.88. The van der Waals surface area contributed by atoms with E-state index in [9.17, 15) is 23.7 Å². The molecule has 1 unspecified atom stereocenters. The number of rotatable bonds is 10. The summed E-state index contributed by atoms with van der Waals surface area (Å²) >= 11 is 0. The van der Waals surface area contributed by atoms with Gasteiger partial charge in [0, 0.05) is 12.6 Å². The number of sulfonamides is 1. The summed E-state index contributed by atoms with van der Waals surface area (Å²) < 4.78 is 27.4. The molecular formula is C23H26N2O5S. The Hall–Kier alpha value is -2.91. The molecule has 0 saturated carbocycles. The molecule has 0 spiro atoms. The second-order valence-corrected chi connectivity index (χ2v) is 8.87. The van der Waals surface area contributed by atoms with E-state index in [0.717, 1.165) is 5.56 Å². The number of aromatic hydroxyl groups is 1. The third kappa shape index (κ3) is 6.28. The van der Waals surface area contributed by atoms with E-state index in [0.29, 0.717) is 12.0 Å². The zero-order valence-corrected chi connectivity index (χ0v) is 17.7. The van der Waals surface area contributed by atoms with Gasteiger partial charge >= 0.3 is 0 Å². The lowest BCUT2D eigenvalue weighted by atomic mass is 10.0. The molecule has 0 radical (unpaired) electrons. The topological polar surface area (TPSA) is 119 Å². The summed E-state index contributed by atoms with van der Waals surface area (Å²) in [5.41, 5.74) is 1.46. The van der Waals surface area contributed by atoms with E-state index in [-0.39, 0.29) is 35.5 Å². The van der Waals surface area contributed by atoms with E-state index in [2.05, 4.69) is 10.0 Å². The molecule has 3 aromatic rings. The van der Waals surface area contributed by atoms with Crippen LogP contribution in [0.25, 0.3) is 0 Å². The molecule has 0 aromatic heterocycles. The van der Waals surface area contributed by atoms with Crippen molar-refractivity contribution in [1.82, 2.24) is 5.32 Å². The van der Waals surface area contributed by atoms with Crippen molar-refractivity contribution in [2.45, 2.75) is 23.5 Å². The molecule has 7 nitrogen and oxygen atoms in total. The number of phenolic OH excluding ortho intramolecular Hbond substituents is 1. The molecule has 164 valence electrons. The Labute approximate surface area is 182 Å². The van der Waals surface area contributed by atoms with Crippen molar-refractivity contribution in [1.29, 1.82) is 0 Å². The minimum Gasteiger partial charge on any atom is -0.506 e. The van der Waals surface area contributed by atoms with Crippen molar-refractivity contribution in [3.05, 3.63) is 90.0 Å². The molecule has 0 saturated heterocycles. The van der Waals surface area contributed by atoms with Gasteiger partial charge in [-0.15, -0.1) is 0 Å². The Balaban J connectivity index is 1.67. The molecule has 0 fully saturated rings. The van der Waals surface area contributed by atoms with Gasteiger partial charge in [-0.25, -0.2) is 8.42 Å². The highest BCUT2D eigenvalue weighted by atomic mass is 32.2. The lowest BCUT2D eigenvalue weighted by molar-refractivity contribution is 0.158.